The Labute approximate surface area is 103 Å². The Hall–Kier alpha value is -0.940. The van der Waals surface area contributed by atoms with Crippen molar-refractivity contribution in [2.24, 2.45) is 0 Å². The number of methoxy groups -OCH3 is 1. The van der Waals surface area contributed by atoms with Crippen molar-refractivity contribution in [2.45, 2.75) is 19.1 Å². The highest BCUT2D eigenvalue weighted by Gasteiger charge is 2.30. The minimum atomic E-state index is -4.37. The van der Waals surface area contributed by atoms with Gasteiger partial charge in [-0.1, -0.05) is 11.6 Å². The summed E-state index contributed by atoms with van der Waals surface area (Å²) in [4.78, 5) is 0. The van der Waals surface area contributed by atoms with E-state index in [0.717, 1.165) is 12.1 Å². The van der Waals surface area contributed by atoms with Gasteiger partial charge in [-0.25, -0.2) is 0 Å². The van der Waals surface area contributed by atoms with E-state index < -0.39 is 11.7 Å². The molecule has 6 heteroatoms. The number of ether oxygens (including phenoxy) is 1. The molecule has 0 aliphatic rings. The molecule has 17 heavy (non-hydrogen) atoms. The number of alkyl halides is 3. The van der Waals surface area contributed by atoms with Gasteiger partial charge in [0.1, 0.15) is 0 Å². The van der Waals surface area contributed by atoms with Gasteiger partial charge in [0.15, 0.2) is 0 Å². The highest BCUT2D eigenvalue weighted by Crippen LogP contribution is 2.33. The molecule has 0 aliphatic carbocycles. The molecule has 0 fully saturated rings. The third-order valence-corrected chi connectivity index (χ3v) is 2.43. The van der Waals surface area contributed by atoms with Gasteiger partial charge in [0.05, 0.1) is 22.9 Å². The summed E-state index contributed by atoms with van der Waals surface area (Å²) < 4.78 is 42.1. The molecule has 0 saturated carbocycles. The zero-order chi connectivity index (χ0) is 13.1. The number of hydrogen-bond acceptors (Lipinski definition) is 2. The second-order valence-electron chi connectivity index (χ2n) is 3.69. The lowest BCUT2D eigenvalue weighted by Crippen LogP contribution is -2.21. The van der Waals surface area contributed by atoms with Crippen molar-refractivity contribution in [2.75, 3.05) is 19.0 Å². The molecule has 1 atom stereocenters. The highest BCUT2D eigenvalue weighted by molar-refractivity contribution is 6.33. The summed E-state index contributed by atoms with van der Waals surface area (Å²) in [6.45, 7) is 2.29. The lowest BCUT2D eigenvalue weighted by atomic mass is 10.2. The normalized spacial score (nSPS) is 13.5. The molecule has 96 valence electrons. The van der Waals surface area contributed by atoms with Crippen LogP contribution in [-0.4, -0.2) is 19.8 Å². The fourth-order valence-electron chi connectivity index (χ4n) is 1.37. The average molecular weight is 268 g/mol. The monoisotopic (exact) mass is 267 g/mol. The summed E-state index contributed by atoms with van der Waals surface area (Å²) in [6.07, 6.45) is -4.37. The van der Waals surface area contributed by atoms with Gasteiger partial charge in [0, 0.05) is 13.2 Å². The van der Waals surface area contributed by atoms with Gasteiger partial charge in [-0.05, 0) is 25.1 Å². The van der Waals surface area contributed by atoms with Gasteiger partial charge < -0.3 is 10.1 Å². The van der Waals surface area contributed by atoms with Crippen LogP contribution in [0.2, 0.25) is 5.02 Å². The fraction of sp³-hybridized carbons (Fsp3) is 0.455. The van der Waals surface area contributed by atoms with Gasteiger partial charge >= 0.3 is 6.18 Å². The van der Waals surface area contributed by atoms with Gasteiger partial charge in [0.25, 0.3) is 0 Å². The largest absolute Gasteiger partial charge is 0.416 e. The molecular formula is C11H13ClF3NO. The predicted molar refractivity (Wildman–Crippen MR) is 61.4 cm³/mol. The molecular weight excluding hydrogens is 255 g/mol. The summed E-state index contributed by atoms with van der Waals surface area (Å²) in [6, 6.07) is 3.18. The van der Waals surface area contributed by atoms with E-state index in [0.29, 0.717) is 12.3 Å². The van der Waals surface area contributed by atoms with E-state index in [4.69, 9.17) is 16.3 Å². The van der Waals surface area contributed by atoms with Crippen molar-refractivity contribution in [3.8, 4) is 0 Å². The van der Waals surface area contributed by atoms with Crippen molar-refractivity contribution >= 4 is 17.3 Å². The van der Waals surface area contributed by atoms with Crippen LogP contribution in [0.15, 0.2) is 18.2 Å². The highest BCUT2D eigenvalue weighted by atomic mass is 35.5. The van der Waals surface area contributed by atoms with Gasteiger partial charge in [-0.2, -0.15) is 13.2 Å². The van der Waals surface area contributed by atoms with E-state index in [9.17, 15) is 13.2 Å². The summed E-state index contributed by atoms with van der Waals surface area (Å²) in [5.41, 5.74) is -0.295. The van der Waals surface area contributed by atoms with Crippen LogP contribution in [0.3, 0.4) is 0 Å². The van der Waals surface area contributed by atoms with Crippen molar-refractivity contribution in [3.63, 3.8) is 0 Å². The Balaban J connectivity index is 2.83. The first kappa shape index (κ1) is 14.1. The van der Waals surface area contributed by atoms with Crippen molar-refractivity contribution in [1.29, 1.82) is 0 Å². The summed E-state index contributed by atoms with van der Waals surface area (Å²) in [7, 11) is 1.55. The van der Waals surface area contributed by atoms with E-state index >= 15 is 0 Å². The van der Waals surface area contributed by atoms with E-state index in [1.54, 1.807) is 7.11 Å². The second-order valence-corrected chi connectivity index (χ2v) is 4.10. The van der Waals surface area contributed by atoms with Crippen LogP contribution in [-0.2, 0) is 10.9 Å². The molecule has 1 unspecified atom stereocenters. The van der Waals surface area contributed by atoms with Gasteiger partial charge in [-0.3, -0.25) is 0 Å². The number of nitrogens with one attached hydrogen (secondary N) is 1. The summed E-state index contributed by atoms with van der Waals surface area (Å²) in [5, 5.41) is 3.01. The zero-order valence-electron chi connectivity index (χ0n) is 9.44. The minimum Gasteiger partial charge on any atom is -0.383 e. The molecule has 2 nitrogen and oxygen atoms in total. The molecule has 1 rings (SSSR count). The molecule has 0 spiro atoms. The number of benzene rings is 1. The average Bonchev–Trinajstić information content (AvgIpc) is 2.20. The first-order valence-corrected chi connectivity index (χ1v) is 5.34. The molecule has 1 N–H and O–H groups in total. The van der Waals surface area contributed by atoms with Crippen molar-refractivity contribution < 1.29 is 17.9 Å². The Morgan fingerprint density at radius 3 is 2.53 bits per heavy atom. The third kappa shape index (κ3) is 4.09. The van der Waals surface area contributed by atoms with E-state index in [1.165, 1.54) is 6.07 Å². The second kappa shape index (κ2) is 5.60. The minimum absolute atomic E-state index is 0.0331. The number of anilines is 1. The van der Waals surface area contributed by atoms with Crippen LogP contribution in [0.25, 0.3) is 0 Å². The van der Waals surface area contributed by atoms with E-state index in [1.807, 2.05) is 6.92 Å². The molecule has 0 radical (unpaired) electrons. The van der Waals surface area contributed by atoms with Crippen molar-refractivity contribution in [1.82, 2.24) is 0 Å². The molecule has 0 amide bonds. The predicted octanol–water partition coefficient (Wildman–Crippen LogP) is 3.81. The fourth-order valence-corrected chi connectivity index (χ4v) is 1.60. The zero-order valence-corrected chi connectivity index (χ0v) is 10.2. The van der Waals surface area contributed by atoms with Crippen LogP contribution in [0.1, 0.15) is 12.5 Å². The van der Waals surface area contributed by atoms with Gasteiger partial charge in [0.2, 0.25) is 0 Å². The topological polar surface area (TPSA) is 21.3 Å². The standard InChI is InChI=1S/C11H13ClF3NO/c1-7(6-17-2)16-10-4-3-8(5-9(10)12)11(13,14)15/h3-5,7,16H,6H2,1-2H3. The van der Waals surface area contributed by atoms with E-state index in [2.05, 4.69) is 5.32 Å². The lowest BCUT2D eigenvalue weighted by Gasteiger charge is -2.16. The molecule has 0 heterocycles. The molecule has 0 aromatic heterocycles. The van der Waals surface area contributed by atoms with Crippen LogP contribution < -0.4 is 5.32 Å². The Morgan fingerprint density at radius 2 is 2.06 bits per heavy atom. The SMILES string of the molecule is COCC(C)Nc1ccc(C(F)(F)F)cc1Cl. The first-order valence-electron chi connectivity index (χ1n) is 4.97. The molecule has 0 aliphatic heterocycles. The summed E-state index contributed by atoms with van der Waals surface area (Å²) in [5.74, 6) is 0. The van der Waals surface area contributed by atoms with Crippen LogP contribution in [0.4, 0.5) is 18.9 Å². The number of hydrogen-bond donors (Lipinski definition) is 1. The quantitative estimate of drug-likeness (QED) is 0.896. The third-order valence-electron chi connectivity index (χ3n) is 2.11. The molecule has 0 saturated heterocycles. The van der Waals surface area contributed by atoms with Gasteiger partial charge in [-0.15, -0.1) is 0 Å². The van der Waals surface area contributed by atoms with E-state index in [-0.39, 0.29) is 11.1 Å². The van der Waals surface area contributed by atoms with Crippen LogP contribution >= 0.6 is 11.6 Å². The maximum absolute atomic E-state index is 12.4. The first-order chi connectivity index (χ1) is 7.84. The summed E-state index contributed by atoms with van der Waals surface area (Å²) >= 11 is 5.78. The molecule has 1 aromatic carbocycles. The Kier molecular flexibility index (Phi) is 4.65. The Morgan fingerprint density at radius 1 is 1.41 bits per heavy atom. The number of halogens is 4. The smallest absolute Gasteiger partial charge is 0.383 e. The molecule has 0 bridgehead atoms. The lowest BCUT2D eigenvalue weighted by molar-refractivity contribution is -0.137. The van der Waals surface area contributed by atoms with Crippen LogP contribution in [0, 0.1) is 0 Å². The van der Waals surface area contributed by atoms with Crippen LogP contribution in [0.5, 0.6) is 0 Å². The van der Waals surface area contributed by atoms with Crippen molar-refractivity contribution in [3.05, 3.63) is 28.8 Å². The number of rotatable bonds is 4. The maximum Gasteiger partial charge on any atom is 0.416 e. The molecule has 1 aromatic rings. The maximum atomic E-state index is 12.4. The Bertz CT molecular complexity index is 381.